The van der Waals surface area contributed by atoms with E-state index in [1.165, 1.54) is 0 Å². The van der Waals surface area contributed by atoms with Crippen LogP contribution in [0, 0.1) is 6.92 Å². The molecule has 0 fully saturated rings. The van der Waals surface area contributed by atoms with E-state index in [-0.39, 0.29) is 5.84 Å². The van der Waals surface area contributed by atoms with Gasteiger partial charge in [0.25, 0.3) is 0 Å². The van der Waals surface area contributed by atoms with Gasteiger partial charge < -0.3 is 20.4 Å². The van der Waals surface area contributed by atoms with E-state index in [4.69, 9.17) is 20.4 Å². The molecule has 5 heteroatoms. The molecule has 1 aromatic carbocycles. The van der Waals surface area contributed by atoms with E-state index in [0.717, 1.165) is 17.5 Å². The molecule has 0 radical (unpaired) electrons. The van der Waals surface area contributed by atoms with Crippen LogP contribution >= 0.6 is 0 Å². The molecule has 0 amide bonds. The molecule has 0 aliphatic heterocycles. The third kappa shape index (κ3) is 4.35. The maximum atomic E-state index is 8.60. The van der Waals surface area contributed by atoms with E-state index in [0.29, 0.717) is 25.4 Å². The number of rotatable bonds is 7. The van der Waals surface area contributed by atoms with Crippen LogP contribution in [0.4, 0.5) is 0 Å². The minimum Gasteiger partial charge on any atom is -0.409 e. The minimum absolute atomic E-state index is 0.116. The minimum atomic E-state index is 0.116. The van der Waals surface area contributed by atoms with Crippen LogP contribution in [0.5, 0.6) is 0 Å². The van der Waals surface area contributed by atoms with E-state index in [1.807, 2.05) is 25.1 Å². The highest BCUT2D eigenvalue weighted by Crippen LogP contribution is 2.12. The number of oxime groups is 1. The van der Waals surface area contributed by atoms with Crippen molar-refractivity contribution in [1.29, 1.82) is 0 Å². The summed E-state index contributed by atoms with van der Waals surface area (Å²) in [6.07, 6.45) is 0.887. The van der Waals surface area contributed by atoms with E-state index >= 15 is 0 Å². The van der Waals surface area contributed by atoms with Gasteiger partial charge in [0.2, 0.25) is 0 Å². The Labute approximate surface area is 107 Å². The summed E-state index contributed by atoms with van der Waals surface area (Å²) in [5.74, 6) is 0.116. The lowest BCUT2D eigenvalue weighted by Crippen LogP contribution is -2.13. The van der Waals surface area contributed by atoms with Gasteiger partial charge in [0, 0.05) is 25.9 Å². The van der Waals surface area contributed by atoms with Crippen molar-refractivity contribution >= 4 is 5.84 Å². The van der Waals surface area contributed by atoms with Gasteiger partial charge in [0.1, 0.15) is 0 Å². The SMILES string of the molecule is COCCCOCc1ccc(/C(N)=N/O)cc1C. The molecule has 1 rings (SSSR count). The van der Waals surface area contributed by atoms with Gasteiger partial charge >= 0.3 is 0 Å². The highest BCUT2D eigenvalue weighted by Gasteiger charge is 2.03. The quantitative estimate of drug-likeness (QED) is 0.254. The van der Waals surface area contributed by atoms with Crippen LogP contribution in [0.15, 0.2) is 23.4 Å². The fraction of sp³-hybridized carbons (Fsp3) is 0.462. The molecule has 0 saturated heterocycles. The van der Waals surface area contributed by atoms with E-state index in [1.54, 1.807) is 7.11 Å². The Morgan fingerprint density at radius 1 is 1.39 bits per heavy atom. The van der Waals surface area contributed by atoms with Crippen molar-refractivity contribution in [1.82, 2.24) is 0 Å². The van der Waals surface area contributed by atoms with Crippen LogP contribution in [0.3, 0.4) is 0 Å². The van der Waals surface area contributed by atoms with Crippen molar-refractivity contribution < 1.29 is 14.7 Å². The van der Waals surface area contributed by atoms with Gasteiger partial charge in [-0.3, -0.25) is 0 Å². The molecule has 0 aromatic heterocycles. The second-order valence-corrected chi connectivity index (χ2v) is 4.03. The first kappa shape index (κ1) is 14.5. The normalized spacial score (nSPS) is 11.8. The van der Waals surface area contributed by atoms with Gasteiger partial charge in [-0.05, 0) is 30.5 Å². The molecule has 5 nitrogen and oxygen atoms in total. The van der Waals surface area contributed by atoms with Crippen LogP contribution in [0.2, 0.25) is 0 Å². The summed E-state index contributed by atoms with van der Waals surface area (Å²) in [7, 11) is 1.68. The summed E-state index contributed by atoms with van der Waals surface area (Å²) in [5.41, 5.74) is 8.39. The molecule has 0 aliphatic carbocycles. The number of aryl methyl sites for hydroxylation is 1. The number of hydrogen-bond donors (Lipinski definition) is 2. The van der Waals surface area contributed by atoms with Gasteiger partial charge in [-0.25, -0.2) is 0 Å². The van der Waals surface area contributed by atoms with Gasteiger partial charge in [-0.15, -0.1) is 0 Å². The lowest BCUT2D eigenvalue weighted by molar-refractivity contribution is 0.0926. The van der Waals surface area contributed by atoms with Gasteiger partial charge in [-0.2, -0.15) is 0 Å². The number of ether oxygens (including phenoxy) is 2. The first-order chi connectivity index (χ1) is 8.69. The zero-order valence-electron chi connectivity index (χ0n) is 10.8. The standard InChI is InChI=1S/C13H20N2O3/c1-10-8-11(13(14)15-16)4-5-12(10)9-18-7-3-6-17-2/h4-5,8,16H,3,6-7,9H2,1-2H3,(H2,14,15). The second-order valence-electron chi connectivity index (χ2n) is 4.03. The van der Waals surface area contributed by atoms with Crippen molar-refractivity contribution in [3.8, 4) is 0 Å². The maximum absolute atomic E-state index is 8.60. The van der Waals surface area contributed by atoms with E-state index in [2.05, 4.69) is 5.16 Å². The molecule has 0 aliphatic rings. The molecule has 0 bridgehead atoms. The van der Waals surface area contributed by atoms with Crippen LogP contribution < -0.4 is 5.73 Å². The zero-order chi connectivity index (χ0) is 13.4. The van der Waals surface area contributed by atoms with Gasteiger partial charge in [0.15, 0.2) is 5.84 Å². The van der Waals surface area contributed by atoms with Crippen LogP contribution in [-0.2, 0) is 16.1 Å². The second kappa shape index (κ2) is 7.68. The topological polar surface area (TPSA) is 77.1 Å². The van der Waals surface area contributed by atoms with Crippen molar-refractivity contribution in [2.75, 3.05) is 20.3 Å². The van der Waals surface area contributed by atoms with Crippen molar-refractivity contribution in [3.63, 3.8) is 0 Å². The number of methoxy groups -OCH3 is 1. The lowest BCUT2D eigenvalue weighted by Gasteiger charge is -2.09. The third-order valence-electron chi connectivity index (χ3n) is 2.64. The average Bonchev–Trinajstić information content (AvgIpc) is 2.39. The molecule has 1 aromatic rings. The number of nitrogens with two attached hydrogens (primary N) is 1. The Kier molecular flexibility index (Phi) is 6.18. The average molecular weight is 252 g/mol. The molecule has 0 unspecified atom stereocenters. The zero-order valence-corrected chi connectivity index (χ0v) is 10.8. The van der Waals surface area contributed by atoms with Crippen LogP contribution in [0.1, 0.15) is 23.1 Å². The maximum Gasteiger partial charge on any atom is 0.170 e. The Balaban J connectivity index is 2.52. The molecule has 0 saturated carbocycles. The van der Waals surface area contributed by atoms with Gasteiger partial charge in [0.05, 0.1) is 6.61 Å². The Hall–Kier alpha value is -1.59. The molecule has 18 heavy (non-hydrogen) atoms. The van der Waals surface area contributed by atoms with E-state index < -0.39 is 0 Å². The van der Waals surface area contributed by atoms with E-state index in [9.17, 15) is 0 Å². The Morgan fingerprint density at radius 3 is 2.78 bits per heavy atom. The smallest absolute Gasteiger partial charge is 0.170 e. The number of nitrogens with zero attached hydrogens (tertiary/aromatic N) is 1. The first-order valence-corrected chi connectivity index (χ1v) is 5.83. The fourth-order valence-electron chi connectivity index (χ4n) is 1.56. The summed E-state index contributed by atoms with van der Waals surface area (Å²) < 4.78 is 10.5. The molecular formula is C13H20N2O3. The third-order valence-corrected chi connectivity index (χ3v) is 2.64. The van der Waals surface area contributed by atoms with Crippen LogP contribution in [-0.4, -0.2) is 31.4 Å². The molecule has 3 N–H and O–H groups in total. The largest absolute Gasteiger partial charge is 0.409 e. The summed E-state index contributed by atoms with van der Waals surface area (Å²) in [5, 5.41) is 11.6. The monoisotopic (exact) mass is 252 g/mol. The summed E-state index contributed by atoms with van der Waals surface area (Å²) in [4.78, 5) is 0. The highest BCUT2D eigenvalue weighted by atomic mass is 16.5. The molecule has 100 valence electrons. The Morgan fingerprint density at radius 2 is 2.17 bits per heavy atom. The molecular weight excluding hydrogens is 232 g/mol. The van der Waals surface area contributed by atoms with Crippen LogP contribution in [0.25, 0.3) is 0 Å². The number of amidine groups is 1. The van der Waals surface area contributed by atoms with Crippen molar-refractivity contribution in [2.45, 2.75) is 20.0 Å². The fourth-order valence-corrected chi connectivity index (χ4v) is 1.56. The summed E-state index contributed by atoms with van der Waals surface area (Å²) in [6.45, 7) is 3.92. The lowest BCUT2D eigenvalue weighted by atomic mass is 10.1. The Bertz CT molecular complexity index is 405. The first-order valence-electron chi connectivity index (χ1n) is 5.83. The molecule has 0 heterocycles. The van der Waals surface area contributed by atoms with Crippen molar-refractivity contribution in [2.24, 2.45) is 10.9 Å². The van der Waals surface area contributed by atoms with Crippen molar-refractivity contribution in [3.05, 3.63) is 34.9 Å². The van der Waals surface area contributed by atoms with Gasteiger partial charge in [-0.1, -0.05) is 17.3 Å². The summed E-state index contributed by atoms with van der Waals surface area (Å²) in [6, 6.07) is 5.62. The molecule has 0 spiro atoms. The molecule has 0 atom stereocenters. The predicted molar refractivity (Wildman–Crippen MR) is 69.8 cm³/mol. The predicted octanol–water partition coefficient (Wildman–Crippen LogP) is 1.64. The number of hydrogen-bond acceptors (Lipinski definition) is 4. The summed E-state index contributed by atoms with van der Waals surface area (Å²) >= 11 is 0. The highest BCUT2D eigenvalue weighted by molar-refractivity contribution is 5.97. The number of benzene rings is 1.